The Morgan fingerprint density at radius 1 is 1.40 bits per heavy atom. The molecule has 1 aromatic carbocycles. The van der Waals surface area contributed by atoms with Crippen LogP contribution in [0.25, 0.3) is 0 Å². The van der Waals surface area contributed by atoms with Crippen molar-refractivity contribution in [2.75, 3.05) is 13.2 Å². The predicted molar refractivity (Wildman–Crippen MR) is 60.4 cm³/mol. The summed E-state index contributed by atoms with van der Waals surface area (Å²) in [6.45, 7) is 5.33. The van der Waals surface area contributed by atoms with Gasteiger partial charge in [-0.2, -0.15) is 0 Å². The van der Waals surface area contributed by atoms with Crippen LogP contribution in [-0.2, 0) is 13.0 Å². The van der Waals surface area contributed by atoms with E-state index in [2.05, 4.69) is 24.4 Å². The molecule has 3 rings (SSSR count). The SMILES string of the molecule is C[C@H]1CCOc2ccc3c(c21)CCNC3. The standard InChI is InChI=1S/C13H17NO/c1-9-5-7-15-12-3-2-10-8-14-6-4-11(10)13(9)12/h2-3,9,14H,4-8H2,1H3/t9-/m0/s1. The Balaban J connectivity index is 2.15. The fraction of sp³-hybridized carbons (Fsp3) is 0.538. The van der Waals surface area contributed by atoms with Gasteiger partial charge in [0, 0.05) is 12.1 Å². The Morgan fingerprint density at radius 2 is 2.33 bits per heavy atom. The minimum atomic E-state index is 0.668. The van der Waals surface area contributed by atoms with Crippen molar-refractivity contribution in [2.24, 2.45) is 0 Å². The van der Waals surface area contributed by atoms with Crippen molar-refractivity contribution in [3.63, 3.8) is 0 Å². The zero-order valence-electron chi connectivity index (χ0n) is 9.18. The maximum atomic E-state index is 5.74. The van der Waals surface area contributed by atoms with Gasteiger partial charge in [0.15, 0.2) is 0 Å². The van der Waals surface area contributed by atoms with Crippen LogP contribution in [0.3, 0.4) is 0 Å². The van der Waals surface area contributed by atoms with Crippen LogP contribution in [0.4, 0.5) is 0 Å². The maximum Gasteiger partial charge on any atom is 0.123 e. The second-order valence-corrected chi connectivity index (χ2v) is 4.58. The fourth-order valence-corrected chi connectivity index (χ4v) is 2.74. The molecule has 2 aliphatic rings. The smallest absolute Gasteiger partial charge is 0.123 e. The highest BCUT2D eigenvalue weighted by Gasteiger charge is 2.24. The summed E-state index contributed by atoms with van der Waals surface area (Å²) in [5.41, 5.74) is 4.51. The molecule has 2 nitrogen and oxygen atoms in total. The average Bonchev–Trinajstić information content (AvgIpc) is 2.29. The van der Waals surface area contributed by atoms with Crippen LogP contribution in [0.2, 0.25) is 0 Å². The zero-order valence-corrected chi connectivity index (χ0v) is 9.18. The average molecular weight is 203 g/mol. The van der Waals surface area contributed by atoms with Crippen LogP contribution in [0, 0.1) is 0 Å². The molecule has 0 saturated carbocycles. The van der Waals surface area contributed by atoms with Crippen molar-refractivity contribution >= 4 is 0 Å². The lowest BCUT2D eigenvalue weighted by Crippen LogP contribution is -2.26. The summed E-state index contributed by atoms with van der Waals surface area (Å²) in [5, 5.41) is 3.42. The first kappa shape index (κ1) is 9.22. The van der Waals surface area contributed by atoms with Crippen LogP contribution >= 0.6 is 0 Å². The molecule has 1 aromatic rings. The van der Waals surface area contributed by atoms with E-state index in [9.17, 15) is 0 Å². The Morgan fingerprint density at radius 3 is 3.27 bits per heavy atom. The number of benzene rings is 1. The van der Waals surface area contributed by atoms with E-state index in [0.29, 0.717) is 5.92 Å². The van der Waals surface area contributed by atoms with Crippen molar-refractivity contribution in [3.8, 4) is 5.75 Å². The van der Waals surface area contributed by atoms with E-state index in [4.69, 9.17) is 4.74 Å². The number of rotatable bonds is 0. The van der Waals surface area contributed by atoms with Gasteiger partial charge in [-0.05, 0) is 42.5 Å². The third-order valence-electron chi connectivity index (χ3n) is 3.58. The monoisotopic (exact) mass is 203 g/mol. The number of hydrogen-bond donors (Lipinski definition) is 1. The van der Waals surface area contributed by atoms with Crippen LogP contribution in [-0.4, -0.2) is 13.2 Å². The highest BCUT2D eigenvalue weighted by atomic mass is 16.5. The van der Waals surface area contributed by atoms with Gasteiger partial charge < -0.3 is 10.1 Å². The Kier molecular flexibility index (Phi) is 2.17. The normalized spacial score (nSPS) is 23.9. The molecular formula is C13H17NO. The minimum Gasteiger partial charge on any atom is -0.493 e. The van der Waals surface area contributed by atoms with E-state index in [-0.39, 0.29) is 0 Å². The number of ether oxygens (including phenoxy) is 1. The molecule has 0 saturated heterocycles. The van der Waals surface area contributed by atoms with Gasteiger partial charge in [-0.1, -0.05) is 13.0 Å². The van der Waals surface area contributed by atoms with Gasteiger partial charge in [-0.25, -0.2) is 0 Å². The van der Waals surface area contributed by atoms with Crippen molar-refractivity contribution in [1.29, 1.82) is 0 Å². The van der Waals surface area contributed by atoms with E-state index >= 15 is 0 Å². The molecule has 80 valence electrons. The van der Waals surface area contributed by atoms with Gasteiger partial charge in [-0.3, -0.25) is 0 Å². The lowest BCUT2D eigenvalue weighted by Gasteiger charge is -2.29. The van der Waals surface area contributed by atoms with Gasteiger partial charge >= 0.3 is 0 Å². The molecule has 15 heavy (non-hydrogen) atoms. The van der Waals surface area contributed by atoms with Gasteiger partial charge in [0.1, 0.15) is 5.75 Å². The van der Waals surface area contributed by atoms with Gasteiger partial charge in [-0.15, -0.1) is 0 Å². The highest BCUT2D eigenvalue weighted by molar-refractivity contribution is 5.49. The first-order valence-electron chi connectivity index (χ1n) is 5.84. The third-order valence-corrected chi connectivity index (χ3v) is 3.58. The maximum absolute atomic E-state index is 5.74. The molecule has 0 fully saturated rings. The number of fused-ring (bicyclic) bond motifs is 3. The van der Waals surface area contributed by atoms with E-state index in [1.807, 2.05) is 0 Å². The summed E-state index contributed by atoms with van der Waals surface area (Å²) < 4.78 is 5.74. The van der Waals surface area contributed by atoms with Crippen LogP contribution in [0.15, 0.2) is 12.1 Å². The first-order valence-corrected chi connectivity index (χ1v) is 5.84. The fourth-order valence-electron chi connectivity index (χ4n) is 2.74. The molecule has 0 spiro atoms. The minimum absolute atomic E-state index is 0.668. The van der Waals surface area contributed by atoms with Crippen molar-refractivity contribution in [2.45, 2.75) is 32.2 Å². The summed E-state index contributed by atoms with van der Waals surface area (Å²) >= 11 is 0. The van der Waals surface area contributed by atoms with Gasteiger partial charge in [0.2, 0.25) is 0 Å². The molecular weight excluding hydrogens is 186 g/mol. The van der Waals surface area contributed by atoms with Crippen molar-refractivity contribution in [1.82, 2.24) is 5.32 Å². The molecule has 2 heterocycles. The van der Waals surface area contributed by atoms with Crippen molar-refractivity contribution in [3.05, 3.63) is 28.8 Å². The highest BCUT2D eigenvalue weighted by Crippen LogP contribution is 2.38. The number of nitrogens with one attached hydrogen (secondary N) is 1. The first-order chi connectivity index (χ1) is 7.36. The molecule has 0 radical (unpaired) electrons. The van der Waals surface area contributed by atoms with Gasteiger partial charge in [0.25, 0.3) is 0 Å². The third kappa shape index (κ3) is 1.44. The summed E-state index contributed by atoms with van der Waals surface area (Å²) in [6, 6.07) is 4.37. The largest absolute Gasteiger partial charge is 0.493 e. The molecule has 2 aliphatic heterocycles. The molecule has 0 unspecified atom stereocenters. The molecule has 0 amide bonds. The van der Waals surface area contributed by atoms with Gasteiger partial charge in [0.05, 0.1) is 6.61 Å². The quantitative estimate of drug-likeness (QED) is 0.698. The Labute approximate surface area is 90.6 Å². The molecule has 0 aliphatic carbocycles. The van der Waals surface area contributed by atoms with E-state index in [0.717, 1.165) is 38.3 Å². The van der Waals surface area contributed by atoms with Crippen LogP contribution in [0.1, 0.15) is 36.0 Å². The Bertz CT molecular complexity index is 386. The van der Waals surface area contributed by atoms with E-state index in [1.165, 1.54) is 11.1 Å². The lowest BCUT2D eigenvalue weighted by molar-refractivity contribution is 0.270. The van der Waals surface area contributed by atoms with Crippen LogP contribution in [0.5, 0.6) is 5.75 Å². The summed E-state index contributed by atoms with van der Waals surface area (Å²) in [6.07, 6.45) is 2.32. The number of hydrogen-bond acceptors (Lipinski definition) is 2. The lowest BCUT2D eigenvalue weighted by atomic mass is 9.85. The molecule has 2 heteroatoms. The topological polar surface area (TPSA) is 21.3 Å². The summed E-state index contributed by atoms with van der Waals surface area (Å²) in [5.74, 6) is 1.80. The van der Waals surface area contributed by atoms with E-state index < -0.39 is 0 Å². The van der Waals surface area contributed by atoms with Crippen LogP contribution < -0.4 is 10.1 Å². The zero-order chi connectivity index (χ0) is 10.3. The summed E-state index contributed by atoms with van der Waals surface area (Å²) in [7, 11) is 0. The molecule has 0 bridgehead atoms. The summed E-state index contributed by atoms with van der Waals surface area (Å²) in [4.78, 5) is 0. The molecule has 1 N–H and O–H groups in total. The second-order valence-electron chi connectivity index (χ2n) is 4.58. The van der Waals surface area contributed by atoms with Crippen molar-refractivity contribution < 1.29 is 4.74 Å². The Hall–Kier alpha value is -1.02. The molecule has 1 atom stereocenters. The van der Waals surface area contributed by atoms with E-state index in [1.54, 1.807) is 5.56 Å². The predicted octanol–water partition coefficient (Wildman–Crippen LogP) is 2.22. The molecule has 0 aromatic heterocycles. The second kappa shape index (κ2) is 3.53.